The second-order valence-electron chi connectivity index (χ2n) is 3.06. The molecule has 3 nitrogen and oxygen atoms in total. The van der Waals surface area contributed by atoms with Gasteiger partial charge in [-0.05, 0) is 5.56 Å². The summed E-state index contributed by atoms with van der Waals surface area (Å²) in [5.74, 6) is -4.31. The maximum Gasteiger partial charge on any atom is 0.340 e. The molecule has 0 aliphatic rings. The summed E-state index contributed by atoms with van der Waals surface area (Å²) in [5.41, 5.74) is 5.97. The number of alkyl halides is 4. The highest BCUT2D eigenvalue weighted by atomic mass is 19.3. The Labute approximate surface area is 89.2 Å². The normalized spacial score (nSPS) is 11.9. The van der Waals surface area contributed by atoms with E-state index >= 15 is 0 Å². The molecule has 1 rings (SSSR count). The van der Waals surface area contributed by atoms with Crippen LogP contribution < -0.4 is 10.5 Å². The molecule has 0 spiro atoms. The molecular formula is C9H10F4N2O. The molecule has 90 valence electrons. The van der Waals surface area contributed by atoms with E-state index in [1.54, 1.807) is 0 Å². The fourth-order valence-electron chi connectivity index (χ4n) is 0.850. The van der Waals surface area contributed by atoms with Gasteiger partial charge < -0.3 is 10.5 Å². The minimum Gasteiger partial charge on any atom is -0.471 e. The van der Waals surface area contributed by atoms with Gasteiger partial charge >= 0.3 is 12.3 Å². The van der Waals surface area contributed by atoms with Gasteiger partial charge in [-0.3, -0.25) is 0 Å². The second-order valence-corrected chi connectivity index (χ2v) is 3.06. The molecule has 0 amide bonds. The quantitative estimate of drug-likeness (QED) is 0.796. The van der Waals surface area contributed by atoms with Crippen LogP contribution >= 0.6 is 0 Å². The molecule has 0 unspecified atom stereocenters. The third-order valence-corrected chi connectivity index (χ3v) is 1.77. The fraction of sp³-hybridized carbons (Fsp3) is 0.444. The first-order valence-electron chi connectivity index (χ1n) is 4.39. The van der Waals surface area contributed by atoms with Crippen LogP contribution in [0.1, 0.15) is 5.56 Å². The van der Waals surface area contributed by atoms with E-state index < -0.39 is 19.0 Å². The van der Waals surface area contributed by atoms with E-state index in [1.807, 2.05) is 0 Å². The zero-order chi connectivity index (χ0) is 12.2. The van der Waals surface area contributed by atoms with Crippen molar-refractivity contribution in [3.63, 3.8) is 0 Å². The van der Waals surface area contributed by atoms with Gasteiger partial charge in [0.1, 0.15) is 0 Å². The van der Waals surface area contributed by atoms with Crippen LogP contribution in [0, 0.1) is 0 Å². The van der Waals surface area contributed by atoms with Gasteiger partial charge in [-0.25, -0.2) is 13.8 Å². The monoisotopic (exact) mass is 238 g/mol. The summed E-state index contributed by atoms with van der Waals surface area (Å²) in [4.78, 5) is 3.63. The van der Waals surface area contributed by atoms with Crippen molar-refractivity contribution in [2.75, 3.05) is 6.61 Å². The van der Waals surface area contributed by atoms with Gasteiger partial charge in [0, 0.05) is 18.8 Å². The van der Waals surface area contributed by atoms with E-state index in [9.17, 15) is 17.6 Å². The summed E-state index contributed by atoms with van der Waals surface area (Å²) in [5, 5.41) is 0. The molecule has 1 heterocycles. The van der Waals surface area contributed by atoms with E-state index in [0.717, 1.165) is 0 Å². The Balaban J connectivity index is 2.54. The average molecular weight is 238 g/mol. The van der Waals surface area contributed by atoms with Crippen LogP contribution in [-0.4, -0.2) is 23.9 Å². The van der Waals surface area contributed by atoms with E-state index in [1.165, 1.54) is 18.3 Å². The Morgan fingerprint density at radius 3 is 2.50 bits per heavy atom. The third-order valence-electron chi connectivity index (χ3n) is 1.77. The largest absolute Gasteiger partial charge is 0.471 e. The molecule has 0 aliphatic carbocycles. The van der Waals surface area contributed by atoms with Crippen LogP contribution in [0.5, 0.6) is 5.88 Å². The smallest absolute Gasteiger partial charge is 0.340 e. The van der Waals surface area contributed by atoms with Gasteiger partial charge in [0.25, 0.3) is 0 Å². The summed E-state index contributed by atoms with van der Waals surface area (Å²) in [6.45, 7) is -1.15. The van der Waals surface area contributed by atoms with Crippen LogP contribution in [0.4, 0.5) is 17.6 Å². The van der Waals surface area contributed by atoms with E-state index in [-0.39, 0.29) is 12.4 Å². The fourth-order valence-corrected chi connectivity index (χ4v) is 0.850. The molecule has 0 fully saturated rings. The van der Waals surface area contributed by atoms with Gasteiger partial charge in [-0.15, -0.1) is 0 Å². The van der Waals surface area contributed by atoms with Crippen molar-refractivity contribution >= 4 is 0 Å². The number of hydrogen-bond donors (Lipinski definition) is 1. The van der Waals surface area contributed by atoms with Crippen molar-refractivity contribution in [2.24, 2.45) is 5.73 Å². The molecule has 0 saturated carbocycles. The number of hydrogen-bond acceptors (Lipinski definition) is 3. The Morgan fingerprint density at radius 2 is 2.06 bits per heavy atom. The van der Waals surface area contributed by atoms with Gasteiger partial charge in [-0.2, -0.15) is 8.78 Å². The second kappa shape index (κ2) is 5.11. The van der Waals surface area contributed by atoms with Crippen LogP contribution in [0.3, 0.4) is 0 Å². The lowest BCUT2D eigenvalue weighted by atomic mass is 10.3. The molecule has 1 aromatic heterocycles. The first-order valence-corrected chi connectivity index (χ1v) is 4.39. The first kappa shape index (κ1) is 12.7. The van der Waals surface area contributed by atoms with Crippen LogP contribution in [0.2, 0.25) is 0 Å². The molecule has 2 N–H and O–H groups in total. The van der Waals surface area contributed by atoms with Gasteiger partial charge in [-0.1, -0.05) is 6.07 Å². The Hall–Kier alpha value is -1.37. The van der Waals surface area contributed by atoms with Crippen molar-refractivity contribution < 1.29 is 22.3 Å². The highest BCUT2D eigenvalue weighted by Gasteiger charge is 2.41. The van der Waals surface area contributed by atoms with Crippen molar-refractivity contribution in [3.05, 3.63) is 23.9 Å². The molecule has 16 heavy (non-hydrogen) atoms. The zero-order valence-electron chi connectivity index (χ0n) is 8.17. The zero-order valence-corrected chi connectivity index (χ0v) is 8.17. The molecule has 0 atom stereocenters. The lowest BCUT2D eigenvalue weighted by molar-refractivity contribution is -0.148. The topological polar surface area (TPSA) is 48.1 Å². The predicted octanol–water partition coefficient (Wildman–Crippen LogP) is 1.82. The minimum atomic E-state index is -4.17. The molecule has 0 radical (unpaired) electrons. The summed E-state index contributed by atoms with van der Waals surface area (Å²) in [7, 11) is 0. The van der Waals surface area contributed by atoms with Gasteiger partial charge in [0.2, 0.25) is 5.88 Å². The molecule has 0 aromatic carbocycles. The summed E-state index contributed by atoms with van der Waals surface area (Å²) < 4.78 is 52.9. The predicted molar refractivity (Wildman–Crippen MR) is 48.6 cm³/mol. The number of rotatable bonds is 5. The standard InChI is InChI=1S/C9H10F4N2O/c10-8(11)9(12,13)5-16-7-2-1-6(3-14)4-15-7/h1-2,4,8H,3,5,14H2. The Morgan fingerprint density at radius 1 is 1.38 bits per heavy atom. The molecule has 0 aliphatic heterocycles. The highest BCUT2D eigenvalue weighted by Crippen LogP contribution is 2.23. The summed E-state index contributed by atoms with van der Waals surface area (Å²) >= 11 is 0. The van der Waals surface area contributed by atoms with Crippen LogP contribution in [0.15, 0.2) is 18.3 Å². The number of halogens is 4. The van der Waals surface area contributed by atoms with E-state index in [2.05, 4.69) is 9.72 Å². The number of nitrogens with two attached hydrogens (primary N) is 1. The van der Waals surface area contributed by atoms with Crippen molar-refractivity contribution in [3.8, 4) is 5.88 Å². The third kappa shape index (κ3) is 3.34. The molecule has 0 saturated heterocycles. The molecule has 0 bridgehead atoms. The number of nitrogens with zero attached hydrogens (tertiary/aromatic N) is 1. The average Bonchev–Trinajstić information content (AvgIpc) is 2.27. The van der Waals surface area contributed by atoms with Crippen molar-refractivity contribution in [2.45, 2.75) is 18.9 Å². The Kier molecular flexibility index (Phi) is 4.05. The van der Waals surface area contributed by atoms with Crippen LogP contribution in [-0.2, 0) is 6.54 Å². The number of ether oxygens (including phenoxy) is 1. The van der Waals surface area contributed by atoms with Gasteiger partial charge in [0.15, 0.2) is 6.61 Å². The van der Waals surface area contributed by atoms with E-state index in [0.29, 0.717) is 5.56 Å². The maximum atomic E-state index is 12.5. The molecule has 1 aromatic rings. The summed E-state index contributed by atoms with van der Waals surface area (Å²) in [6.07, 6.45) is -2.42. The number of pyridine rings is 1. The van der Waals surface area contributed by atoms with Crippen LogP contribution in [0.25, 0.3) is 0 Å². The first-order chi connectivity index (χ1) is 7.45. The SMILES string of the molecule is NCc1ccc(OCC(F)(F)C(F)F)nc1. The summed E-state index contributed by atoms with van der Waals surface area (Å²) in [6, 6.07) is 2.81. The van der Waals surface area contributed by atoms with E-state index in [4.69, 9.17) is 5.73 Å². The van der Waals surface area contributed by atoms with Gasteiger partial charge in [0.05, 0.1) is 0 Å². The Bertz CT molecular complexity index is 329. The maximum absolute atomic E-state index is 12.5. The molecular weight excluding hydrogens is 228 g/mol. The highest BCUT2D eigenvalue weighted by molar-refractivity contribution is 5.17. The number of aromatic nitrogens is 1. The molecule has 7 heteroatoms. The van der Waals surface area contributed by atoms with Crippen molar-refractivity contribution in [1.29, 1.82) is 0 Å². The van der Waals surface area contributed by atoms with Crippen molar-refractivity contribution in [1.82, 2.24) is 4.98 Å². The minimum absolute atomic E-state index is 0.141. The lowest BCUT2D eigenvalue weighted by Crippen LogP contribution is -2.33. The lowest BCUT2D eigenvalue weighted by Gasteiger charge is -2.15.